The predicted octanol–water partition coefficient (Wildman–Crippen LogP) is 12.5. The number of fused-ring (bicyclic) bond motifs is 3. The van der Waals surface area contributed by atoms with Crippen LogP contribution in [0.1, 0.15) is 132 Å². The van der Waals surface area contributed by atoms with Crippen LogP contribution in [0.4, 0.5) is 31.3 Å². The van der Waals surface area contributed by atoms with Crippen molar-refractivity contribution in [2.24, 2.45) is 5.73 Å². The van der Waals surface area contributed by atoms with E-state index in [9.17, 15) is 24.0 Å². The molecule has 0 bridgehead atoms. The third-order valence-electron chi connectivity index (χ3n) is 12.0. The van der Waals surface area contributed by atoms with Gasteiger partial charge in [0.25, 0.3) is 5.56 Å². The minimum absolute atomic E-state index is 0. The number of urea groups is 1. The first-order valence-corrected chi connectivity index (χ1v) is 30.9. The van der Waals surface area contributed by atoms with Gasteiger partial charge in [-0.3, -0.25) is 25.0 Å². The summed E-state index contributed by atoms with van der Waals surface area (Å²) >= 11 is 24.6. The molecule has 0 spiro atoms. The molecule has 2 aliphatic rings. The number of morpholine rings is 1. The molecule has 0 aromatic carbocycles. The zero-order valence-corrected chi connectivity index (χ0v) is 53.9. The summed E-state index contributed by atoms with van der Waals surface area (Å²) in [6.45, 7) is 25.4. The van der Waals surface area contributed by atoms with Gasteiger partial charge in [0.2, 0.25) is 16.3 Å². The maximum atomic E-state index is 11.5. The van der Waals surface area contributed by atoms with Gasteiger partial charge in [-0.1, -0.05) is 48.7 Å². The molecule has 2 amide bonds. The second kappa shape index (κ2) is 39.6. The molecular weight excluding hydrogens is 1340 g/mol. The minimum Gasteiger partial charge on any atom is -0.462 e. The number of ether oxygens (including phenoxy) is 3. The molecule has 1 saturated carbocycles. The van der Waals surface area contributed by atoms with Crippen LogP contribution in [0.2, 0.25) is 15.7 Å². The van der Waals surface area contributed by atoms with Crippen LogP contribution in [-0.4, -0.2) is 139 Å². The Morgan fingerprint density at radius 2 is 1.14 bits per heavy atom. The van der Waals surface area contributed by atoms with Crippen molar-refractivity contribution in [3.8, 4) is 0 Å². The first-order chi connectivity index (χ1) is 40.0. The van der Waals surface area contributed by atoms with Crippen molar-refractivity contribution in [2.45, 2.75) is 130 Å². The van der Waals surface area contributed by atoms with Crippen molar-refractivity contribution in [1.29, 1.82) is 0 Å². The molecule has 37 heteroatoms. The number of hydrogen-bond donors (Lipinski definition) is 7. The zero-order chi connectivity index (χ0) is 61.4. The molecule has 90 heavy (non-hydrogen) atoms. The summed E-state index contributed by atoms with van der Waals surface area (Å²) < 4.78 is 39.3. The number of aromatic amines is 2. The van der Waals surface area contributed by atoms with Crippen molar-refractivity contribution in [3.63, 3.8) is 0 Å². The summed E-state index contributed by atoms with van der Waals surface area (Å²) in [6, 6.07) is 0.408. The van der Waals surface area contributed by atoms with Gasteiger partial charge in [-0.25, -0.2) is 48.3 Å². The minimum atomic E-state index is -0.732. The van der Waals surface area contributed by atoms with E-state index in [4.69, 9.17) is 72.8 Å². The van der Waals surface area contributed by atoms with E-state index in [-0.39, 0.29) is 79.8 Å². The maximum absolute atomic E-state index is 11.5. The van der Waals surface area contributed by atoms with Crippen molar-refractivity contribution in [2.75, 3.05) is 61.6 Å². The summed E-state index contributed by atoms with van der Waals surface area (Å²) in [6.07, 6.45) is 4.75. The van der Waals surface area contributed by atoms with Crippen molar-refractivity contribution in [1.82, 2.24) is 61.0 Å². The number of nitrogens with two attached hydrogens (primary N) is 3. The molecule has 1 saturated heterocycles. The first-order valence-electron chi connectivity index (χ1n) is 25.1. The van der Waals surface area contributed by atoms with Gasteiger partial charge >= 0.3 is 23.7 Å². The Kier molecular flexibility index (Phi) is 36.7. The normalized spacial score (nSPS) is 13.6. The van der Waals surface area contributed by atoms with Gasteiger partial charge in [0.1, 0.15) is 46.8 Å². The Hall–Kier alpha value is -6.65. The molecule has 0 atom stereocenters. The smallest absolute Gasteiger partial charge is 0.343 e. The van der Waals surface area contributed by atoms with Crippen molar-refractivity contribution < 1.29 is 28.6 Å². The summed E-state index contributed by atoms with van der Waals surface area (Å²) in [7, 11) is 0. The van der Waals surface area contributed by atoms with Gasteiger partial charge in [-0.2, -0.15) is 21.9 Å². The number of aromatic nitrogens is 12. The highest BCUT2D eigenvalue weighted by Crippen LogP contribution is 2.33. The van der Waals surface area contributed by atoms with E-state index < -0.39 is 17.7 Å². The lowest BCUT2D eigenvalue weighted by Gasteiger charge is -2.39. The van der Waals surface area contributed by atoms with E-state index in [2.05, 4.69) is 76.5 Å². The molecule has 3 radical (unpaired) electrons. The van der Waals surface area contributed by atoms with Crippen LogP contribution < -0.4 is 39.1 Å². The lowest BCUT2D eigenvalue weighted by molar-refractivity contribution is 0.00791. The van der Waals surface area contributed by atoms with Crippen LogP contribution in [0.5, 0.6) is 0 Å². The summed E-state index contributed by atoms with van der Waals surface area (Å²) in [4.78, 5) is 84.3. The van der Waals surface area contributed by atoms with Crippen LogP contribution in [0.3, 0.4) is 0 Å². The maximum Gasteiger partial charge on any atom is 0.343 e. The average molecular weight is 1420 g/mol. The lowest BCUT2D eigenvalue weighted by atomic mass is 9.90. The predicted molar refractivity (Wildman–Crippen MR) is 373 cm³/mol. The highest BCUT2D eigenvalue weighted by Gasteiger charge is 2.28. The van der Waals surface area contributed by atoms with Crippen LogP contribution in [0, 0.1) is 48.1 Å². The van der Waals surface area contributed by atoms with Crippen LogP contribution in [0.15, 0.2) is 9.59 Å². The third-order valence-corrected chi connectivity index (χ3v) is 17.5. The summed E-state index contributed by atoms with van der Waals surface area (Å²) in [5.74, 6) is -0.0557. The SMILES string of the molecule is C.C.C.C.C.CCOC(=O)c1c(C)nsc1N.CCOC(=O)c1c(C)nsc1NC(N)=O.Cc1nsc2[nH]c(=O)[nH]c(=O)c12.Cc1nsc2nc(Cl)nc(Cl)c12.Cc1nsc2nc(Cl)nc(NC3CCC(N4CCOCC4)CC3)c12.[B].[C-]#[N+]c1c(C)nsc1N. The number of carbonyl (C=O) groups excluding carboxylic acids is 3. The molecular formula is C53H76BCl3N19O8S6. The fraction of sp³-hybridized carbons (Fsp3) is 0.472. The van der Waals surface area contributed by atoms with Crippen LogP contribution in [-0.2, 0) is 14.2 Å². The van der Waals surface area contributed by atoms with Gasteiger partial charge in [0.15, 0.2) is 4.83 Å². The number of primary amides is 1. The number of esters is 2. The van der Waals surface area contributed by atoms with Gasteiger partial charge < -0.3 is 36.7 Å². The van der Waals surface area contributed by atoms with Crippen LogP contribution >= 0.6 is 104 Å². The highest BCUT2D eigenvalue weighted by molar-refractivity contribution is 7.14. The number of hydrogen-bond acceptors (Lipinski definition) is 28. The fourth-order valence-electron chi connectivity index (χ4n) is 8.10. The second-order valence-electron chi connectivity index (χ2n) is 17.7. The quantitative estimate of drug-likeness (QED) is 0.0244. The molecule has 27 nitrogen and oxygen atoms in total. The largest absolute Gasteiger partial charge is 0.462 e. The number of nitrogens with one attached hydrogen (secondary N) is 4. The molecule has 2 fully saturated rings. The number of halogens is 3. The van der Waals surface area contributed by atoms with E-state index >= 15 is 0 Å². The second-order valence-corrected chi connectivity index (χ2v) is 23.4. The Bertz CT molecular complexity index is 3870. The van der Waals surface area contributed by atoms with Gasteiger partial charge in [0, 0.05) is 33.6 Å². The average Bonchev–Trinajstić information content (AvgIpc) is 1.64. The lowest BCUT2D eigenvalue weighted by Crippen LogP contribution is -2.46. The van der Waals surface area contributed by atoms with E-state index in [1.54, 1.807) is 41.5 Å². The van der Waals surface area contributed by atoms with Crippen molar-refractivity contribution in [3.05, 3.63) is 93.3 Å². The summed E-state index contributed by atoms with van der Waals surface area (Å²) in [5, 5.41) is 10.3. The highest BCUT2D eigenvalue weighted by atomic mass is 35.5. The molecule has 1 aliphatic heterocycles. The first kappa shape index (κ1) is 83.4. The Balaban J connectivity index is 0.00000107. The number of rotatable bonds is 8. The van der Waals surface area contributed by atoms with Gasteiger partial charge in [-0.05, 0) is 173 Å². The number of carbonyl (C=O) groups is 3. The standard InChI is InChI=1S/C16H22ClN5OS.C8H11N3O3S.C7H10N2O2S.C6H3Cl2N3S.C6H5N3O2S.C5H5N3S.5CH4.B/c1-10-13-14(19-16(17)20-15(13)24-21-10)18-11-2-4-12(5-3-11)22-6-8-23-9-7-22;1-3-14-7(12)5-4(2)11-15-6(5)10-8(9)13;1-3-11-7(10)5-4(2)9-12-6(5)8;1-2-3-4(7)9-6(8)10-5(3)12-11-2;1-2-3-4(10)7-6(11)8-5(3)12-9-2;1-3-4(7-2)5(6)9-8-3;;;;;;/h11-12H,2-9H2,1H3,(H,18,19,20);3H2,1-2H3,(H3,9,10,13);3,8H2,1-2H3;1H3;1H3,(H2,7,8,10,11);6H2,1H3;5*1H4;. The van der Waals surface area contributed by atoms with Crippen LogP contribution in [0.25, 0.3) is 35.5 Å². The summed E-state index contributed by atoms with van der Waals surface area (Å²) in [5.41, 5.74) is 20.5. The molecule has 10 heterocycles. The van der Waals surface area contributed by atoms with E-state index in [0.717, 1.165) is 117 Å². The Labute approximate surface area is 564 Å². The molecule has 11 rings (SSSR count). The number of amides is 2. The number of anilines is 4. The third kappa shape index (κ3) is 22.3. The monoisotopic (exact) mass is 1410 g/mol. The van der Waals surface area contributed by atoms with E-state index in [0.29, 0.717) is 77.4 Å². The molecule has 9 aromatic rings. The van der Waals surface area contributed by atoms with Crippen molar-refractivity contribution >= 4 is 188 Å². The van der Waals surface area contributed by atoms with Gasteiger partial charge in [0.05, 0.1) is 83.3 Å². The number of aryl methyl sites for hydroxylation is 6. The molecule has 491 valence electrons. The zero-order valence-electron chi connectivity index (χ0n) is 46.8. The Morgan fingerprint density at radius 1 is 0.656 bits per heavy atom. The van der Waals surface area contributed by atoms with E-state index in [1.807, 2.05) is 13.8 Å². The molecule has 1 aliphatic carbocycles. The molecule has 10 N–H and O–H groups in total. The van der Waals surface area contributed by atoms with Gasteiger partial charge in [-0.15, -0.1) is 0 Å². The number of nitrogen functional groups attached to an aromatic ring is 2. The van der Waals surface area contributed by atoms with E-state index in [1.165, 1.54) is 47.4 Å². The molecule has 9 aromatic heterocycles. The molecule has 0 unspecified atom stereocenters. The number of H-pyrrole nitrogens is 2. The fourth-order valence-corrected chi connectivity index (χ4v) is 13.3. The topological polar surface area (TPSA) is 383 Å². The number of nitrogens with zero attached hydrogens (tertiary/aromatic N) is 12. The Morgan fingerprint density at radius 3 is 1.67 bits per heavy atom.